The van der Waals surface area contributed by atoms with Gasteiger partial charge in [-0.15, -0.1) is 0 Å². The van der Waals surface area contributed by atoms with Gasteiger partial charge in [0.15, 0.2) is 0 Å². The molecule has 0 aromatic heterocycles. The van der Waals surface area contributed by atoms with Crippen LogP contribution in [0, 0.1) is 0 Å². The van der Waals surface area contributed by atoms with Gasteiger partial charge in [0.25, 0.3) is 0 Å². The standard InChI is InChI=1S/4CH2O3.3Al.3Li.4H2O/c4*2-1(3)4;;;;;;;;;;/h4*(H2,2,3,4);;;;;;;4*1H2/q;;;;3*+3;3*+1;;;;/p-12. The van der Waals surface area contributed by atoms with Crippen LogP contribution in [0.1, 0.15) is 0 Å². The Labute approximate surface area is 213 Å². The maximum atomic E-state index is 8.33. The van der Waals surface area contributed by atoms with E-state index in [1.807, 2.05) is 0 Å². The van der Waals surface area contributed by atoms with Crippen molar-refractivity contribution in [1.82, 2.24) is 0 Å². The molecule has 0 amide bonds. The molecule has 0 aromatic carbocycles. The van der Waals surface area contributed by atoms with Gasteiger partial charge in [-0.2, -0.15) is 0 Å². The minimum Gasteiger partial charge on any atom is -0.870 e. The average Bonchev–Trinajstić information content (AvgIpc) is 1.76. The summed E-state index contributed by atoms with van der Waals surface area (Å²) < 4.78 is 0. The summed E-state index contributed by atoms with van der Waals surface area (Å²) in [6.45, 7) is 0. The first-order chi connectivity index (χ1) is 6.93. The summed E-state index contributed by atoms with van der Waals surface area (Å²) in [5.74, 6) is 0. The number of carbonyl (C=O) groups excluding carboxylic acids is 4. The predicted molar refractivity (Wildman–Crippen MR) is 46.6 cm³/mol. The molecule has 0 rings (SSSR count). The Morgan fingerprint density at radius 1 is 0.346 bits per heavy atom. The molecule has 0 saturated heterocycles. The van der Waals surface area contributed by atoms with Gasteiger partial charge in [-0.1, -0.05) is 0 Å². The third kappa shape index (κ3) is 138000. The average molecular weight is 410 g/mol. The summed E-state index contributed by atoms with van der Waals surface area (Å²) >= 11 is 0. The molecule has 0 heterocycles. The summed E-state index contributed by atoms with van der Waals surface area (Å²) in [7, 11) is 0. The van der Waals surface area contributed by atoms with Gasteiger partial charge in [-0.05, 0) is 24.6 Å². The van der Waals surface area contributed by atoms with Crippen molar-refractivity contribution in [2.45, 2.75) is 0 Å². The second-order valence-corrected chi connectivity index (χ2v) is 1.00. The monoisotopic (exact) mass is 410 g/mol. The van der Waals surface area contributed by atoms with Gasteiger partial charge < -0.3 is 81.9 Å². The molecule has 0 unspecified atom stereocenters. The SMILES string of the molecule is O=C([O-])[O-].O=C([O-])[O-].O=C([O-])[O-].O=C([O-])[O-].[Al+3].[Al+3].[Al+3].[Li+].[Li+].[Li+].[OH-].[OH-].[OH-].[OH-]. The maximum absolute atomic E-state index is 8.33. The first-order valence-electron chi connectivity index (χ1n) is 2.45. The van der Waals surface area contributed by atoms with E-state index < -0.39 is 24.6 Å². The fraction of sp³-hybridized carbons (Fsp3) is 0. The molecule has 4 N–H and O–H groups in total. The van der Waals surface area contributed by atoms with Crippen LogP contribution in [-0.2, 0) is 0 Å². The Hall–Kier alpha value is 0.310. The van der Waals surface area contributed by atoms with E-state index >= 15 is 0 Å². The molecule has 22 heteroatoms. The molecular formula is C4H4Al3Li3O16. The number of carbonyl (C=O) groups is 4. The molecule has 0 spiro atoms. The van der Waals surface area contributed by atoms with Gasteiger partial charge in [-0.25, -0.2) is 0 Å². The van der Waals surface area contributed by atoms with Gasteiger partial charge in [-0.3, -0.25) is 0 Å². The Bertz CT molecular complexity index is 181. The number of carboxylic acid groups (broad SMARTS) is 8. The summed E-state index contributed by atoms with van der Waals surface area (Å²) in [6, 6.07) is 0. The van der Waals surface area contributed by atoms with Crippen LogP contribution in [0.2, 0.25) is 0 Å². The van der Waals surface area contributed by atoms with E-state index in [0.29, 0.717) is 0 Å². The van der Waals surface area contributed by atoms with Crippen molar-refractivity contribution in [2.75, 3.05) is 0 Å². The van der Waals surface area contributed by atoms with E-state index in [4.69, 9.17) is 60.0 Å². The summed E-state index contributed by atoms with van der Waals surface area (Å²) in [4.78, 5) is 33.3. The van der Waals surface area contributed by atoms with Crippen molar-refractivity contribution >= 4 is 76.7 Å². The van der Waals surface area contributed by atoms with Gasteiger partial charge in [0, 0.05) is 0 Å². The van der Waals surface area contributed by atoms with Crippen molar-refractivity contribution < 1.29 is 139 Å². The van der Waals surface area contributed by atoms with Gasteiger partial charge in [0.05, 0.1) is 0 Å². The van der Waals surface area contributed by atoms with Crippen molar-refractivity contribution in [3.8, 4) is 0 Å². The first-order valence-corrected chi connectivity index (χ1v) is 2.45. The first kappa shape index (κ1) is 111. The quantitative estimate of drug-likeness (QED) is 0.334. The Kier molecular flexibility index (Phi) is 422. The normalized spacial score (nSPS) is 3.69. The number of rotatable bonds is 0. The minimum absolute atomic E-state index is 0. The second kappa shape index (κ2) is 98.7. The molecule has 0 fully saturated rings. The van der Waals surface area contributed by atoms with Crippen molar-refractivity contribution in [2.24, 2.45) is 0 Å². The third-order valence-electron chi connectivity index (χ3n) is 0. The van der Waals surface area contributed by atoms with Crippen LogP contribution >= 0.6 is 0 Å². The zero-order chi connectivity index (χ0) is 14.3. The van der Waals surface area contributed by atoms with E-state index in [1.54, 1.807) is 0 Å². The topological polar surface area (TPSA) is 373 Å². The Morgan fingerprint density at radius 3 is 0.346 bits per heavy atom. The smallest absolute Gasteiger partial charge is 0.870 e. The maximum Gasteiger partial charge on any atom is 3.00 e. The van der Waals surface area contributed by atoms with Gasteiger partial charge in [0.2, 0.25) is 0 Å². The van der Waals surface area contributed by atoms with Crippen LogP contribution < -0.4 is 97.4 Å². The molecule has 26 heavy (non-hydrogen) atoms. The number of hydrogen-bond acceptors (Lipinski definition) is 16. The van der Waals surface area contributed by atoms with Crippen LogP contribution in [0.25, 0.3) is 0 Å². The van der Waals surface area contributed by atoms with E-state index in [9.17, 15) is 0 Å². The van der Waals surface area contributed by atoms with Crippen LogP contribution in [0.5, 0.6) is 0 Å². The minimum atomic E-state index is -2.33. The van der Waals surface area contributed by atoms with Crippen LogP contribution in [0.4, 0.5) is 19.2 Å². The summed E-state index contributed by atoms with van der Waals surface area (Å²) in [6.07, 6.45) is -9.33. The van der Waals surface area contributed by atoms with E-state index in [0.717, 1.165) is 0 Å². The Morgan fingerprint density at radius 2 is 0.346 bits per heavy atom. The molecule has 0 aliphatic heterocycles. The zero-order valence-corrected chi connectivity index (χ0v) is 16.9. The molecule has 16 nitrogen and oxygen atoms in total. The van der Waals surface area contributed by atoms with Crippen LogP contribution in [0.15, 0.2) is 0 Å². The molecule has 0 bridgehead atoms. The fourth-order valence-corrected chi connectivity index (χ4v) is 0. The predicted octanol–water partition coefficient (Wildman–Crippen LogP) is -20.6. The van der Waals surface area contributed by atoms with Crippen molar-refractivity contribution in [1.29, 1.82) is 0 Å². The van der Waals surface area contributed by atoms with E-state index in [-0.39, 0.29) is 131 Å². The molecule has 0 atom stereocenters. The van der Waals surface area contributed by atoms with E-state index in [1.165, 1.54) is 0 Å². The van der Waals surface area contributed by atoms with Crippen LogP contribution in [0.3, 0.4) is 0 Å². The van der Waals surface area contributed by atoms with Gasteiger partial charge >= 0.3 is 109 Å². The summed E-state index contributed by atoms with van der Waals surface area (Å²) in [5, 5.41) is 66.7. The third-order valence-corrected chi connectivity index (χ3v) is 0. The molecule has 0 saturated carbocycles. The van der Waals surface area contributed by atoms with E-state index in [2.05, 4.69) is 0 Å². The Balaban J connectivity index is -0.00000000545. The molecule has 0 radical (unpaired) electrons. The second-order valence-electron chi connectivity index (χ2n) is 1.00. The largest absolute Gasteiger partial charge is 3.00 e. The van der Waals surface area contributed by atoms with Gasteiger partial charge in [0.1, 0.15) is 0 Å². The molecule has 0 aliphatic rings. The zero-order valence-electron chi connectivity index (χ0n) is 13.4. The molecule has 0 aromatic rings. The number of hydrogen-bond donors (Lipinski definition) is 0. The van der Waals surface area contributed by atoms with Crippen molar-refractivity contribution in [3.05, 3.63) is 0 Å². The fourth-order valence-electron chi connectivity index (χ4n) is 0. The molecule has 0 aliphatic carbocycles. The summed E-state index contributed by atoms with van der Waals surface area (Å²) in [5.41, 5.74) is 0. The molecular weight excluding hydrogens is 406 g/mol. The van der Waals surface area contributed by atoms with Crippen molar-refractivity contribution in [3.63, 3.8) is 0 Å². The van der Waals surface area contributed by atoms with Crippen LogP contribution in [-0.4, -0.2) is 98.6 Å². The molecule has 128 valence electrons.